The molecule has 0 N–H and O–H groups in total. The number of thiophene rings is 1. The molecular formula is C17H13FS2. The van der Waals surface area contributed by atoms with Gasteiger partial charge in [-0.15, -0.1) is 23.1 Å². The summed E-state index contributed by atoms with van der Waals surface area (Å²) in [5.74, 6) is -0.199. The summed E-state index contributed by atoms with van der Waals surface area (Å²) in [4.78, 5) is 2.48. The van der Waals surface area contributed by atoms with Crippen molar-refractivity contribution < 1.29 is 4.39 Å². The summed E-state index contributed by atoms with van der Waals surface area (Å²) >= 11 is 3.45. The minimum atomic E-state index is -0.199. The van der Waals surface area contributed by atoms with E-state index >= 15 is 0 Å². The lowest BCUT2D eigenvalue weighted by Crippen LogP contribution is -1.80. The Morgan fingerprint density at radius 3 is 2.15 bits per heavy atom. The maximum atomic E-state index is 13.0. The van der Waals surface area contributed by atoms with Gasteiger partial charge in [0.2, 0.25) is 0 Å². The van der Waals surface area contributed by atoms with Crippen LogP contribution in [0.1, 0.15) is 0 Å². The first-order chi connectivity index (χ1) is 9.78. The van der Waals surface area contributed by atoms with Gasteiger partial charge in [-0.3, -0.25) is 0 Å². The number of thioether (sulfide) groups is 1. The van der Waals surface area contributed by atoms with Crippen LogP contribution in [-0.4, -0.2) is 6.26 Å². The van der Waals surface area contributed by atoms with Gasteiger partial charge in [0.15, 0.2) is 0 Å². The van der Waals surface area contributed by atoms with E-state index in [1.807, 2.05) is 12.1 Å². The van der Waals surface area contributed by atoms with Crippen molar-refractivity contribution in [2.45, 2.75) is 4.90 Å². The molecule has 0 fully saturated rings. The van der Waals surface area contributed by atoms with E-state index in [9.17, 15) is 4.39 Å². The summed E-state index contributed by atoms with van der Waals surface area (Å²) in [6.45, 7) is 0. The van der Waals surface area contributed by atoms with Gasteiger partial charge in [-0.1, -0.05) is 24.3 Å². The number of hydrogen-bond acceptors (Lipinski definition) is 2. The summed E-state index contributed by atoms with van der Waals surface area (Å²) in [6, 6.07) is 17.3. The normalized spacial score (nSPS) is 10.7. The molecule has 0 saturated heterocycles. The van der Waals surface area contributed by atoms with Gasteiger partial charge in [0.05, 0.1) is 0 Å². The van der Waals surface area contributed by atoms with Crippen molar-refractivity contribution in [1.82, 2.24) is 0 Å². The molecule has 0 atom stereocenters. The van der Waals surface area contributed by atoms with Crippen LogP contribution in [0.15, 0.2) is 64.9 Å². The third-order valence-corrected chi connectivity index (χ3v) is 4.88. The second-order valence-corrected chi connectivity index (χ2v) is 6.19. The number of halogens is 1. The lowest BCUT2D eigenvalue weighted by Gasteiger charge is -2.05. The molecule has 3 aromatic rings. The second kappa shape index (κ2) is 5.81. The standard InChI is InChI=1S/C17H13FS2/c1-19-15-8-4-13(5-9-15)17-16(10-11-20-17)12-2-6-14(18)7-3-12/h2-11H,1H3. The van der Waals surface area contributed by atoms with Gasteiger partial charge in [-0.25, -0.2) is 4.39 Å². The van der Waals surface area contributed by atoms with Crippen molar-refractivity contribution >= 4 is 23.1 Å². The Morgan fingerprint density at radius 2 is 1.50 bits per heavy atom. The van der Waals surface area contributed by atoms with Crippen molar-refractivity contribution in [3.8, 4) is 21.6 Å². The lowest BCUT2D eigenvalue weighted by atomic mass is 10.0. The molecule has 0 bridgehead atoms. The Balaban J connectivity index is 2.02. The van der Waals surface area contributed by atoms with E-state index < -0.39 is 0 Å². The van der Waals surface area contributed by atoms with Gasteiger partial charge in [-0.05, 0) is 53.1 Å². The van der Waals surface area contributed by atoms with Crippen LogP contribution in [0.2, 0.25) is 0 Å². The first kappa shape index (κ1) is 13.4. The molecule has 2 aromatic carbocycles. The molecule has 3 heteroatoms. The Hall–Kier alpha value is -1.58. The lowest BCUT2D eigenvalue weighted by molar-refractivity contribution is 0.628. The van der Waals surface area contributed by atoms with E-state index in [-0.39, 0.29) is 5.82 Å². The highest BCUT2D eigenvalue weighted by molar-refractivity contribution is 7.98. The summed E-state index contributed by atoms with van der Waals surface area (Å²) in [5, 5.41) is 2.08. The Labute approximate surface area is 126 Å². The van der Waals surface area contributed by atoms with Gasteiger partial charge < -0.3 is 0 Å². The minimum absolute atomic E-state index is 0.199. The molecule has 0 radical (unpaired) electrons. The van der Waals surface area contributed by atoms with E-state index in [4.69, 9.17) is 0 Å². The molecule has 0 unspecified atom stereocenters. The molecule has 3 rings (SSSR count). The van der Waals surface area contributed by atoms with Gasteiger partial charge in [-0.2, -0.15) is 0 Å². The first-order valence-electron chi connectivity index (χ1n) is 6.26. The summed E-state index contributed by atoms with van der Waals surface area (Å²) in [7, 11) is 0. The summed E-state index contributed by atoms with van der Waals surface area (Å²) in [5.41, 5.74) is 3.42. The maximum Gasteiger partial charge on any atom is 0.123 e. The van der Waals surface area contributed by atoms with Crippen molar-refractivity contribution in [2.75, 3.05) is 6.26 Å². The van der Waals surface area contributed by atoms with Crippen LogP contribution in [0.5, 0.6) is 0 Å². The molecular weight excluding hydrogens is 287 g/mol. The molecule has 0 nitrogen and oxygen atoms in total. The molecule has 20 heavy (non-hydrogen) atoms. The largest absolute Gasteiger partial charge is 0.207 e. The Bertz CT molecular complexity index is 697. The van der Waals surface area contributed by atoms with E-state index in [0.717, 1.165) is 11.1 Å². The Morgan fingerprint density at radius 1 is 0.850 bits per heavy atom. The predicted octanol–water partition coefficient (Wildman–Crippen LogP) is 5.94. The van der Waals surface area contributed by atoms with Crippen LogP contribution in [0.4, 0.5) is 4.39 Å². The SMILES string of the molecule is CSc1ccc(-c2sccc2-c2ccc(F)cc2)cc1. The second-order valence-electron chi connectivity index (χ2n) is 4.40. The zero-order valence-electron chi connectivity index (χ0n) is 11.0. The van der Waals surface area contributed by atoms with E-state index in [1.165, 1.54) is 27.5 Å². The van der Waals surface area contributed by atoms with E-state index in [0.29, 0.717) is 0 Å². The number of hydrogen-bond donors (Lipinski definition) is 0. The zero-order chi connectivity index (χ0) is 13.9. The topological polar surface area (TPSA) is 0 Å². The third-order valence-electron chi connectivity index (χ3n) is 3.17. The molecule has 0 aliphatic rings. The third kappa shape index (κ3) is 2.65. The molecule has 100 valence electrons. The van der Waals surface area contributed by atoms with E-state index in [2.05, 4.69) is 42.0 Å². The fraction of sp³-hybridized carbons (Fsp3) is 0.0588. The Kier molecular flexibility index (Phi) is 3.90. The average Bonchev–Trinajstić information content (AvgIpc) is 2.97. The highest BCUT2D eigenvalue weighted by atomic mass is 32.2. The van der Waals surface area contributed by atoms with Gasteiger partial charge in [0.25, 0.3) is 0 Å². The van der Waals surface area contributed by atoms with Crippen molar-refractivity contribution in [3.05, 3.63) is 65.8 Å². The highest BCUT2D eigenvalue weighted by Gasteiger charge is 2.09. The fourth-order valence-electron chi connectivity index (χ4n) is 2.13. The molecule has 1 heterocycles. The van der Waals surface area contributed by atoms with Crippen LogP contribution in [0, 0.1) is 5.82 Å². The van der Waals surface area contributed by atoms with Gasteiger partial charge >= 0.3 is 0 Å². The van der Waals surface area contributed by atoms with E-state index in [1.54, 1.807) is 23.1 Å². The van der Waals surface area contributed by atoms with Crippen molar-refractivity contribution in [1.29, 1.82) is 0 Å². The van der Waals surface area contributed by atoms with Crippen molar-refractivity contribution in [2.24, 2.45) is 0 Å². The first-order valence-corrected chi connectivity index (χ1v) is 8.36. The fourth-order valence-corrected chi connectivity index (χ4v) is 3.47. The van der Waals surface area contributed by atoms with Gasteiger partial charge in [0.1, 0.15) is 5.82 Å². The van der Waals surface area contributed by atoms with Crippen LogP contribution in [-0.2, 0) is 0 Å². The summed E-state index contributed by atoms with van der Waals surface area (Å²) in [6.07, 6.45) is 2.07. The van der Waals surface area contributed by atoms with Crippen molar-refractivity contribution in [3.63, 3.8) is 0 Å². The predicted molar refractivity (Wildman–Crippen MR) is 86.9 cm³/mol. The van der Waals surface area contributed by atoms with Crippen LogP contribution in [0.3, 0.4) is 0 Å². The molecule has 0 aliphatic heterocycles. The number of rotatable bonds is 3. The molecule has 0 spiro atoms. The minimum Gasteiger partial charge on any atom is -0.207 e. The highest BCUT2D eigenvalue weighted by Crippen LogP contribution is 2.37. The van der Waals surface area contributed by atoms with Crippen LogP contribution >= 0.6 is 23.1 Å². The number of benzene rings is 2. The van der Waals surface area contributed by atoms with Gasteiger partial charge in [0, 0.05) is 15.3 Å². The maximum absolute atomic E-state index is 13.0. The van der Waals surface area contributed by atoms with Crippen LogP contribution in [0.25, 0.3) is 21.6 Å². The quantitative estimate of drug-likeness (QED) is 0.539. The van der Waals surface area contributed by atoms with Crippen LogP contribution < -0.4 is 0 Å². The molecule has 0 amide bonds. The molecule has 1 aromatic heterocycles. The zero-order valence-corrected chi connectivity index (χ0v) is 12.6. The summed E-state index contributed by atoms with van der Waals surface area (Å²) < 4.78 is 13.0. The average molecular weight is 300 g/mol. The smallest absolute Gasteiger partial charge is 0.123 e. The monoisotopic (exact) mass is 300 g/mol. The molecule has 0 aliphatic carbocycles. The molecule has 0 saturated carbocycles.